The average Bonchev–Trinajstić information content (AvgIpc) is 2.52. The summed E-state index contributed by atoms with van der Waals surface area (Å²) in [7, 11) is -0.785. The quantitative estimate of drug-likeness (QED) is 0.813. The lowest BCUT2D eigenvalue weighted by Crippen LogP contribution is -2.49. The van der Waals surface area contributed by atoms with Crippen molar-refractivity contribution in [2.24, 2.45) is 0 Å². The van der Waals surface area contributed by atoms with Crippen LogP contribution in [0.2, 0.25) is 0 Å². The van der Waals surface area contributed by atoms with E-state index in [9.17, 15) is 26.4 Å². The Labute approximate surface area is 138 Å². The molecular weight excluding hydrogens is 347 g/mol. The molecule has 1 heterocycles. The van der Waals surface area contributed by atoms with Crippen molar-refractivity contribution < 1.29 is 26.4 Å². The van der Waals surface area contributed by atoms with E-state index < -0.39 is 39.1 Å². The molecule has 1 amide bonds. The fourth-order valence-corrected chi connectivity index (χ4v) is 3.25. The van der Waals surface area contributed by atoms with Crippen molar-refractivity contribution in [1.82, 2.24) is 13.9 Å². The van der Waals surface area contributed by atoms with E-state index in [1.807, 2.05) is 0 Å². The van der Waals surface area contributed by atoms with Crippen LogP contribution in [0.15, 0.2) is 12.1 Å². The van der Waals surface area contributed by atoms with Gasteiger partial charge in [-0.05, 0) is 25.0 Å². The van der Waals surface area contributed by atoms with Crippen LogP contribution in [0, 0.1) is 17.5 Å². The maximum absolute atomic E-state index is 13.7. The fourth-order valence-electron chi connectivity index (χ4n) is 2.38. The number of nitrogens with zero attached hydrogens (tertiary/aromatic N) is 2. The number of carbonyl (C=O) groups excluding carboxylic acids is 1. The van der Waals surface area contributed by atoms with Crippen LogP contribution in [0.1, 0.15) is 23.2 Å². The lowest BCUT2D eigenvalue weighted by molar-refractivity contribution is 0.0705. The monoisotopic (exact) mass is 365 g/mol. The van der Waals surface area contributed by atoms with Crippen LogP contribution in [0.5, 0.6) is 0 Å². The first kappa shape index (κ1) is 18.7. The second-order valence-corrected chi connectivity index (χ2v) is 7.61. The summed E-state index contributed by atoms with van der Waals surface area (Å²) in [4.78, 5) is 13.5. The summed E-state index contributed by atoms with van der Waals surface area (Å²) in [5.74, 6) is -5.31. The van der Waals surface area contributed by atoms with Gasteiger partial charge in [0.25, 0.3) is 16.1 Å². The summed E-state index contributed by atoms with van der Waals surface area (Å²) < 4.78 is 66.9. The molecule has 0 radical (unpaired) electrons. The molecule has 0 aromatic heterocycles. The summed E-state index contributed by atoms with van der Waals surface area (Å²) >= 11 is 0. The minimum Gasteiger partial charge on any atom is -0.338 e. The molecule has 1 saturated heterocycles. The molecule has 0 spiro atoms. The minimum absolute atomic E-state index is 0.178. The lowest BCUT2D eigenvalue weighted by atomic mass is 10.0. The van der Waals surface area contributed by atoms with Gasteiger partial charge in [0, 0.05) is 33.2 Å². The molecule has 24 heavy (non-hydrogen) atoms. The average molecular weight is 365 g/mol. The normalized spacial score (nSPS) is 16.7. The third-order valence-electron chi connectivity index (χ3n) is 3.84. The summed E-state index contributed by atoms with van der Waals surface area (Å²) in [6.07, 6.45) is 0.675. The van der Waals surface area contributed by atoms with E-state index >= 15 is 0 Å². The number of halogens is 3. The van der Waals surface area contributed by atoms with Gasteiger partial charge in [0.2, 0.25) is 0 Å². The molecule has 0 saturated carbocycles. The van der Waals surface area contributed by atoms with Crippen molar-refractivity contribution in [1.29, 1.82) is 0 Å². The van der Waals surface area contributed by atoms with E-state index in [0.717, 1.165) is 10.4 Å². The molecule has 1 fully saturated rings. The third kappa shape index (κ3) is 3.87. The molecule has 0 bridgehead atoms. The molecule has 1 aromatic carbocycles. The Hall–Kier alpha value is -1.65. The van der Waals surface area contributed by atoms with Gasteiger partial charge >= 0.3 is 0 Å². The van der Waals surface area contributed by atoms with Crippen LogP contribution >= 0.6 is 0 Å². The number of carbonyl (C=O) groups is 1. The summed E-state index contributed by atoms with van der Waals surface area (Å²) in [6.45, 7) is 0.357. The van der Waals surface area contributed by atoms with E-state index in [1.54, 1.807) is 0 Å². The van der Waals surface area contributed by atoms with Gasteiger partial charge in [-0.25, -0.2) is 13.2 Å². The third-order valence-corrected chi connectivity index (χ3v) is 5.44. The van der Waals surface area contributed by atoms with E-state index in [2.05, 4.69) is 4.72 Å². The van der Waals surface area contributed by atoms with Gasteiger partial charge in [0.1, 0.15) is 0 Å². The Bertz CT molecular complexity index is 732. The van der Waals surface area contributed by atoms with Gasteiger partial charge in [-0.1, -0.05) is 0 Å². The molecule has 0 unspecified atom stereocenters. The number of benzene rings is 1. The molecule has 2 rings (SSSR count). The molecule has 134 valence electrons. The zero-order valence-corrected chi connectivity index (χ0v) is 14.0. The standard InChI is InChI=1S/C14H18F3N3O3S/c1-19(2)24(22,23)18-9-5-7-20(8-6-9)14(21)10-3-4-11(15)13(17)12(10)16/h3-4,9,18H,5-8H2,1-2H3. The summed E-state index contributed by atoms with van der Waals surface area (Å²) in [6, 6.07) is 1.25. The van der Waals surface area contributed by atoms with E-state index in [0.29, 0.717) is 18.9 Å². The van der Waals surface area contributed by atoms with Crippen LogP contribution in [0.25, 0.3) is 0 Å². The highest BCUT2D eigenvalue weighted by atomic mass is 32.2. The Morgan fingerprint density at radius 3 is 2.29 bits per heavy atom. The number of hydrogen-bond acceptors (Lipinski definition) is 3. The van der Waals surface area contributed by atoms with Crippen LogP contribution in [0.4, 0.5) is 13.2 Å². The molecule has 1 N–H and O–H groups in total. The molecule has 1 aliphatic heterocycles. The largest absolute Gasteiger partial charge is 0.338 e. The topological polar surface area (TPSA) is 69.7 Å². The number of rotatable bonds is 4. The highest BCUT2D eigenvalue weighted by molar-refractivity contribution is 7.87. The van der Waals surface area contributed by atoms with Gasteiger partial charge in [-0.15, -0.1) is 0 Å². The number of piperidine rings is 1. The molecule has 1 aliphatic rings. The summed E-state index contributed by atoms with van der Waals surface area (Å²) in [5.41, 5.74) is -0.541. The second kappa shape index (κ2) is 7.08. The zero-order valence-electron chi connectivity index (χ0n) is 13.2. The number of hydrogen-bond donors (Lipinski definition) is 1. The fraction of sp³-hybridized carbons (Fsp3) is 0.500. The van der Waals surface area contributed by atoms with Gasteiger partial charge in [-0.3, -0.25) is 4.79 Å². The van der Waals surface area contributed by atoms with E-state index in [-0.39, 0.29) is 19.1 Å². The minimum atomic E-state index is -3.58. The van der Waals surface area contributed by atoms with Gasteiger partial charge in [0.05, 0.1) is 5.56 Å². The Balaban J connectivity index is 2.02. The molecule has 10 heteroatoms. The smallest absolute Gasteiger partial charge is 0.279 e. The van der Waals surface area contributed by atoms with Crippen LogP contribution in [-0.2, 0) is 10.2 Å². The second-order valence-electron chi connectivity index (χ2n) is 5.69. The molecule has 0 atom stereocenters. The van der Waals surface area contributed by atoms with Crippen LogP contribution < -0.4 is 4.72 Å². The van der Waals surface area contributed by atoms with Crippen molar-refractivity contribution >= 4 is 16.1 Å². The van der Waals surface area contributed by atoms with Gasteiger partial charge in [0.15, 0.2) is 17.5 Å². The molecular formula is C14H18F3N3O3S. The lowest BCUT2D eigenvalue weighted by Gasteiger charge is -2.32. The first-order valence-electron chi connectivity index (χ1n) is 7.26. The van der Waals surface area contributed by atoms with Crippen LogP contribution in [0.3, 0.4) is 0 Å². The Morgan fingerprint density at radius 2 is 1.75 bits per heavy atom. The Morgan fingerprint density at radius 1 is 1.17 bits per heavy atom. The molecule has 1 aromatic rings. The summed E-state index contributed by atoms with van der Waals surface area (Å²) in [5, 5.41) is 0. The first-order valence-corrected chi connectivity index (χ1v) is 8.70. The predicted molar refractivity (Wildman–Crippen MR) is 81.0 cm³/mol. The Kier molecular flexibility index (Phi) is 5.51. The maximum Gasteiger partial charge on any atom is 0.279 e. The molecule has 0 aliphatic carbocycles. The van der Waals surface area contributed by atoms with Crippen molar-refractivity contribution in [2.45, 2.75) is 18.9 Å². The number of amides is 1. The van der Waals surface area contributed by atoms with Gasteiger partial charge in [-0.2, -0.15) is 17.4 Å². The molecule has 6 nitrogen and oxygen atoms in total. The first-order chi connectivity index (χ1) is 11.1. The number of likely N-dealkylation sites (tertiary alicyclic amines) is 1. The van der Waals surface area contributed by atoms with E-state index in [4.69, 9.17) is 0 Å². The van der Waals surface area contributed by atoms with Crippen molar-refractivity contribution in [3.8, 4) is 0 Å². The van der Waals surface area contributed by atoms with Gasteiger partial charge < -0.3 is 4.90 Å². The van der Waals surface area contributed by atoms with Crippen LogP contribution in [-0.4, -0.2) is 56.8 Å². The van der Waals surface area contributed by atoms with Crippen molar-refractivity contribution in [3.63, 3.8) is 0 Å². The zero-order chi connectivity index (χ0) is 18.1. The highest BCUT2D eigenvalue weighted by Crippen LogP contribution is 2.20. The SMILES string of the molecule is CN(C)S(=O)(=O)NC1CCN(C(=O)c2ccc(F)c(F)c2F)CC1. The van der Waals surface area contributed by atoms with E-state index in [1.165, 1.54) is 19.0 Å². The predicted octanol–water partition coefficient (Wildman–Crippen LogP) is 1.10. The van der Waals surface area contributed by atoms with Crippen molar-refractivity contribution in [3.05, 3.63) is 35.1 Å². The highest BCUT2D eigenvalue weighted by Gasteiger charge is 2.29. The maximum atomic E-state index is 13.7. The van der Waals surface area contributed by atoms with Crippen molar-refractivity contribution in [2.75, 3.05) is 27.2 Å². The number of nitrogens with one attached hydrogen (secondary N) is 1.